The van der Waals surface area contributed by atoms with Crippen LogP contribution in [0.15, 0.2) is 0 Å². The molecule has 0 aromatic heterocycles. The van der Waals surface area contributed by atoms with Crippen molar-refractivity contribution in [1.82, 2.24) is 10.2 Å². The SMILES string of the molecule is CCC1NC(C)(CC)C(=O)N1CCCC1CC1. The number of rotatable bonds is 6. The van der Waals surface area contributed by atoms with Crippen molar-refractivity contribution in [2.75, 3.05) is 6.54 Å². The summed E-state index contributed by atoms with van der Waals surface area (Å²) in [7, 11) is 0. The highest BCUT2D eigenvalue weighted by molar-refractivity contribution is 5.88. The Morgan fingerprint density at radius 3 is 2.65 bits per heavy atom. The fourth-order valence-electron chi connectivity index (χ4n) is 2.76. The molecule has 0 aromatic carbocycles. The van der Waals surface area contributed by atoms with Gasteiger partial charge < -0.3 is 4.90 Å². The molecule has 1 N–H and O–H groups in total. The van der Waals surface area contributed by atoms with E-state index < -0.39 is 0 Å². The van der Waals surface area contributed by atoms with Crippen LogP contribution in [0, 0.1) is 5.92 Å². The van der Waals surface area contributed by atoms with Gasteiger partial charge in [0.2, 0.25) is 5.91 Å². The van der Waals surface area contributed by atoms with Crippen LogP contribution in [0.2, 0.25) is 0 Å². The highest BCUT2D eigenvalue weighted by atomic mass is 16.2. The van der Waals surface area contributed by atoms with E-state index in [2.05, 4.69) is 24.1 Å². The van der Waals surface area contributed by atoms with Crippen LogP contribution >= 0.6 is 0 Å². The lowest BCUT2D eigenvalue weighted by atomic mass is 9.99. The topological polar surface area (TPSA) is 32.3 Å². The van der Waals surface area contributed by atoms with Crippen molar-refractivity contribution < 1.29 is 4.79 Å². The molecule has 2 unspecified atom stereocenters. The molecule has 1 aliphatic carbocycles. The average molecular weight is 238 g/mol. The van der Waals surface area contributed by atoms with Gasteiger partial charge in [-0.3, -0.25) is 10.1 Å². The molecule has 0 bridgehead atoms. The zero-order valence-corrected chi connectivity index (χ0v) is 11.5. The lowest BCUT2D eigenvalue weighted by Gasteiger charge is -2.23. The summed E-state index contributed by atoms with van der Waals surface area (Å²) in [6.07, 6.45) is 7.45. The molecule has 3 nitrogen and oxygen atoms in total. The monoisotopic (exact) mass is 238 g/mol. The predicted molar refractivity (Wildman–Crippen MR) is 69.6 cm³/mol. The zero-order chi connectivity index (χ0) is 12.5. The third-order valence-corrected chi connectivity index (χ3v) is 4.40. The second kappa shape index (κ2) is 4.97. The smallest absolute Gasteiger partial charge is 0.243 e. The summed E-state index contributed by atoms with van der Waals surface area (Å²) in [4.78, 5) is 14.5. The molecular weight excluding hydrogens is 212 g/mol. The minimum absolute atomic E-state index is 0.256. The van der Waals surface area contributed by atoms with Crippen LogP contribution in [0.5, 0.6) is 0 Å². The minimum Gasteiger partial charge on any atom is -0.326 e. The standard InChI is InChI=1S/C14H26N2O/c1-4-12-15-14(3,5-2)13(17)16(12)10-6-7-11-8-9-11/h11-12,15H,4-10H2,1-3H3. The second-order valence-electron chi connectivity index (χ2n) is 5.84. The molecular formula is C14H26N2O. The number of amides is 1. The van der Waals surface area contributed by atoms with E-state index in [1.807, 2.05) is 6.92 Å². The Balaban J connectivity index is 1.90. The Bertz CT molecular complexity index is 288. The average Bonchev–Trinajstić information content (AvgIpc) is 3.11. The number of hydrogen-bond donors (Lipinski definition) is 1. The second-order valence-corrected chi connectivity index (χ2v) is 5.84. The summed E-state index contributed by atoms with van der Waals surface area (Å²) < 4.78 is 0. The lowest BCUT2D eigenvalue weighted by molar-refractivity contribution is -0.133. The summed E-state index contributed by atoms with van der Waals surface area (Å²) >= 11 is 0. The molecule has 2 rings (SSSR count). The highest BCUT2D eigenvalue weighted by Crippen LogP contribution is 2.34. The van der Waals surface area contributed by atoms with Gasteiger partial charge >= 0.3 is 0 Å². The molecule has 2 atom stereocenters. The van der Waals surface area contributed by atoms with Crippen molar-refractivity contribution in [3.8, 4) is 0 Å². The maximum absolute atomic E-state index is 12.4. The largest absolute Gasteiger partial charge is 0.326 e. The number of nitrogens with one attached hydrogen (secondary N) is 1. The Hall–Kier alpha value is -0.570. The van der Waals surface area contributed by atoms with Gasteiger partial charge in [0.05, 0.1) is 11.7 Å². The molecule has 1 aliphatic heterocycles. The van der Waals surface area contributed by atoms with Crippen LogP contribution in [0.3, 0.4) is 0 Å². The zero-order valence-electron chi connectivity index (χ0n) is 11.5. The first-order chi connectivity index (χ1) is 8.10. The molecule has 0 spiro atoms. The molecule has 1 saturated carbocycles. The van der Waals surface area contributed by atoms with E-state index in [1.54, 1.807) is 0 Å². The van der Waals surface area contributed by atoms with Gasteiger partial charge in [0.15, 0.2) is 0 Å². The van der Waals surface area contributed by atoms with Crippen molar-refractivity contribution in [3.63, 3.8) is 0 Å². The maximum Gasteiger partial charge on any atom is 0.243 e. The van der Waals surface area contributed by atoms with Gasteiger partial charge in [0.1, 0.15) is 0 Å². The van der Waals surface area contributed by atoms with Crippen molar-refractivity contribution in [2.24, 2.45) is 5.92 Å². The van der Waals surface area contributed by atoms with Gasteiger partial charge in [-0.05, 0) is 38.5 Å². The van der Waals surface area contributed by atoms with Crippen LogP contribution in [0.1, 0.15) is 59.3 Å². The molecule has 0 aromatic rings. The third kappa shape index (κ3) is 2.65. The van der Waals surface area contributed by atoms with E-state index in [0.29, 0.717) is 5.91 Å². The van der Waals surface area contributed by atoms with Crippen LogP contribution < -0.4 is 5.32 Å². The molecule has 2 fully saturated rings. The fourth-order valence-corrected chi connectivity index (χ4v) is 2.76. The van der Waals surface area contributed by atoms with E-state index in [4.69, 9.17) is 0 Å². The maximum atomic E-state index is 12.4. The molecule has 1 heterocycles. The van der Waals surface area contributed by atoms with Gasteiger partial charge in [-0.2, -0.15) is 0 Å². The van der Waals surface area contributed by atoms with Crippen LogP contribution in [-0.4, -0.2) is 29.1 Å². The predicted octanol–water partition coefficient (Wildman–Crippen LogP) is 2.51. The van der Waals surface area contributed by atoms with E-state index in [1.165, 1.54) is 25.7 Å². The molecule has 0 radical (unpaired) electrons. The molecule has 2 aliphatic rings. The Morgan fingerprint density at radius 2 is 2.12 bits per heavy atom. The normalized spacial score (nSPS) is 33.5. The number of carbonyl (C=O) groups is 1. The Labute approximate surface area is 105 Å². The van der Waals surface area contributed by atoms with Crippen molar-refractivity contribution >= 4 is 5.91 Å². The van der Waals surface area contributed by atoms with E-state index >= 15 is 0 Å². The third-order valence-electron chi connectivity index (χ3n) is 4.40. The molecule has 1 saturated heterocycles. The Morgan fingerprint density at radius 1 is 1.41 bits per heavy atom. The number of hydrogen-bond acceptors (Lipinski definition) is 2. The van der Waals surface area contributed by atoms with Gasteiger partial charge in [-0.15, -0.1) is 0 Å². The first kappa shape index (κ1) is 12.9. The van der Waals surface area contributed by atoms with Gasteiger partial charge in [0, 0.05) is 6.54 Å². The van der Waals surface area contributed by atoms with Crippen molar-refractivity contribution in [2.45, 2.75) is 71.0 Å². The molecule has 3 heteroatoms. The van der Waals surface area contributed by atoms with Crippen molar-refractivity contribution in [3.05, 3.63) is 0 Å². The quantitative estimate of drug-likeness (QED) is 0.771. The highest BCUT2D eigenvalue weighted by Gasteiger charge is 2.45. The summed E-state index contributed by atoms with van der Waals surface area (Å²) in [5, 5.41) is 3.50. The summed E-state index contributed by atoms with van der Waals surface area (Å²) in [5.74, 6) is 1.28. The van der Waals surface area contributed by atoms with E-state index in [0.717, 1.165) is 25.3 Å². The first-order valence-electron chi connectivity index (χ1n) is 7.19. The van der Waals surface area contributed by atoms with E-state index in [9.17, 15) is 4.79 Å². The summed E-state index contributed by atoms with van der Waals surface area (Å²) in [6, 6.07) is 0. The first-order valence-corrected chi connectivity index (χ1v) is 7.19. The van der Waals surface area contributed by atoms with Crippen LogP contribution in [-0.2, 0) is 4.79 Å². The molecule has 17 heavy (non-hydrogen) atoms. The van der Waals surface area contributed by atoms with Crippen molar-refractivity contribution in [1.29, 1.82) is 0 Å². The number of carbonyl (C=O) groups excluding carboxylic acids is 1. The Kier molecular flexibility index (Phi) is 3.76. The molecule has 1 amide bonds. The molecule has 98 valence electrons. The summed E-state index contributed by atoms with van der Waals surface area (Å²) in [5.41, 5.74) is -0.319. The number of nitrogens with zero attached hydrogens (tertiary/aromatic N) is 1. The van der Waals surface area contributed by atoms with Gasteiger partial charge in [0.25, 0.3) is 0 Å². The summed E-state index contributed by atoms with van der Waals surface area (Å²) in [6.45, 7) is 7.22. The minimum atomic E-state index is -0.319. The van der Waals surface area contributed by atoms with E-state index in [-0.39, 0.29) is 11.7 Å². The van der Waals surface area contributed by atoms with Gasteiger partial charge in [-0.1, -0.05) is 26.7 Å². The van der Waals surface area contributed by atoms with Crippen LogP contribution in [0.25, 0.3) is 0 Å². The van der Waals surface area contributed by atoms with Crippen LogP contribution in [0.4, 0.5) is 0 Å². The lowest BCUT2D eigenvalue weighted by Crippen LogP contribution is -2.43. The van der Waals surface area contributed by atoms with Gasteiger partial charge in [-0.25, -0.2) is 0 Å². The fraction of sp³-hybridized carbons (Fsp3) is 0.929.